The normalized spacial score (nSPS) is 10.7. The van der Waals surface area contributed by atoms with Crippen molar-refractivity contribution in [2.75, 3.05) is 13.7 Å². The van der Waals surface area contributed by atoms with Crippen molar-refractivity contribution in [2.24, 2.45) is 0 Å². The molecule has 2 aromatic carbocycles. The summed E-state index contributed by atoms with van der Waals surface area (Å²) in [6.07, 6.45) is 1.65. The van der Waals surface area contributed by atoms with Gasteiger partial charge in [0.2, 0.25) is 5.91 Å². The summed E-state index contributed by atoms with van der Waals surface area (Å²) in [5, 5.41) is 2.90. The van der Waals surface area contributed by atoms with Crippen LogP contribution in [0.25, 0.3) is 11.1 Å². The fourth-order valence-electron chi connectivity index (χ4n) is 2.58. The molecule has 0 aliphatic heterocycles. The Morgan fingerprint density at radius 2 is 1.92 bits per heavy atom. The Morgan fingerprint density at radius 1 is 1.12 bits per heavy atom. The first-order valence-corrected chi connectivity index (χ1v) is 7.99. The van der Waals surface area contributed by atoms with Gasteiger partial charge in [-0.25, -0.2) is 4.98 Å². The molecule has 0 fully saturated rings. The number of para-hydroxylation sites is 3. The lowest BCUT2D eigenvalue weighted by Gasteiger charge is -2.08. The maximum absolute atomic E-state index is 12.0. The maximum Gasteiger partial charge on any atom is 0.220 e. The van der Waals surface area contributed by atoms with Gasteiger partial charge in [0.15, 0.2) is 11.5 Å². The smallest absolute Gasteiger partial charge is 0.220 e. The quantitative estimate of drug-likeness (QED) is 0.725. The van der Waals surface area contributed by atoms with Gasteiger partial charge in [-0.2, -0.15) is 0 Å². The molecule has 0 atom stereocenters. The van der Waals surface area contributed by atoms with Crippen molar-refractivity contribution in [2.45, 2.75) is 19.3 Å². The molecule has 3 rings (SSSR count). The van der Waals surface area contributed by atoms with Crippen LogP contribution in [0.1, 0.15) is 17.9 Å². The number of aryl methyl sites for hydroxylation is 1. The van der Waals surface area contributed by atoms with Crippen molar-refractivity contribution in [3.8, 4) is 5.75 Å². The van der Waals surface area contributed by atoms with Crippen LogP contribution < -0.4 is 10.1 Å². The monoisotopic (exact) mass is 324 g/mol. The van der Waals surface area contributed by atoms with Crippen LogP contribution in [0.15, 0.2) is 52.9 Å². The summed E-state index contributed by atoms with van der Waals surface area (Å²) in [4.78, 5) is 16.4. The third-order valence-electron chi connectivity index (χ3n) is 3.81. The molecule has 0 unspecified atom stereocenters. The molecule has 3 aromatic rings. The highest BCUT2D eigenvalue weighted by atomic mass is 16.5. The van der Waals surface area contributed by atoms with Gasteiger partial charge in [-0.1, -0.05) is 30.3 Å². The summed E-state index contributed by atoms with van der Waals surface area (Å²) in [6, 6.07) is 15.4. The molecule has 5 nitrogen and oxygen atoms in total. The van der Waals surface area contributed by atoms with Gasteiger partial charge in [-0.3, -0.25) is 4.79 Å². The average Bonchev–Trinajstić information content (AvgIpc) is 3.03. The molecule has 1 amide bonds. The molecule has 124 valence electrons. The van der Waals surface area contributed by atoms with Gasteiger partial charge in [0.05, 0.1) is 7.11 Å². The first kappa shape index (κ1) is 16.1. The van der Waals surface area contributed by atoms with Crippen molar-refractivity contribution in [3.05, 3.63) is 60.0 Å². The molecule has 1 heterocycles. The second-order valence-electron chi connectivity index (χ2n) is 5.49. The van der Waals surface area contributed by atoms with E-state index < -0.39 is 0 Å². The highest BCUT2D eigenvalue weighted by Crippen LogP contribution is 2.18. The van der Waals surface area contributed by atoms with E-state index in [1.165, 1.54) is 0 Å². The molecule has 0 bridgehead atoms. The minimum Gasteiger partial charge on any atom is -0.496 e. The fraction of sp³-hybridized carbons (Fsp3) is 0.263. The van der Waals surface area contributed by atoms with Gasteiger partial charge in [-0.15, -0.1) is 0 Å². The fourth-order valence-corrected chi connectivity index (χ4v) is 2.58. The van der Waals surface area contributed by atoms with Gasteiger partial charge in [0.25, 0.3) is 0 Å². The summed E-state index contributed by atoms with van der Waals surface area (Å²) in [5.41, 5.74) is 2.65. The Morgan fingerprint density at radius 3 is 2.75 bits per heavy atom. The second-order valence-corrected chi connectivity index (χ2v) is 5.49. The number of aromatic nitrogens is 1. The lowest BCUT2D eigenvalue weighted by atomic mass is 10.1. The Bertz CT molecular complexity index is 793. The number of methoxy groups -OCH3 is 1. The minimum atomic E-state index is 0.0111. The van der Waals surface area contributed by atoms with Crippen molar-refractivity contribution in [3.63, 3.8) is 0 Å². The van der Waals surface area contributed by atoms with Crippen molar-refractivity contribution in [1.29, 1.82) is 0 Å². The third kappa shape index (κ3) is 3.93. The number of ether oxygens (including phenoxy) is 1. The number of fused-ring (bicyclic) bond motifs is 1. The number of nitrogens with zero attached hydrogens (tertiary/aromatic N) is 1. The van der Waals surface area contributed by atoms with Crippen molar-refractivity contribution < 1.29 is 13.9 Å². The summed E-state index contributed by atoms with van der Waals surface area (Å²) in [7, 11) is 1.64. The standard InChI is InChI=1S/C19H20N2O3/c1-23-16-8-4-2-6-14(16)10-11-18(22)20-13-12-19-21-15-7-3-5-9-17(15)24-19/h2-9H,10-13H2,1H3,(H,20,22). The van der Waals surface area contributed by atoms with Crippen LogP contribution in [0.2, 0.25) is 0 Å². The van der Waals surface area contributed by atoms with Crippen LogP contribution in [-0.2, 0) is 17.6 Å². The van der Waals surface area contributed by atoms with Crippen molar-refractivity contribution >= 4 is 17.0 Å². The summed E-state index contributed by atoms with van der Waals surface area (Å²) in [6.45, 7) is 0.511. The van der Waals surface area contributed by atoms with Crippen LogP contribution in [-0.4, -0.2) is 24.5 Å². The zero-order valence-electron chi connectivity index (χ0n) is 13.6. The molecule has 5 heteroatoms. The van der Waals surface area contributed by atoms with E-state index in [4.69, 9.17) is 9.15 Å². The molecule has 0 saturated heterocycles. The van der Waals surface area contributed by atoms with E-state index in [1.807, 2.05) is 48.5 Å². The SMILES string of the molecule is COc1ccccc1CCC(=O)NCCc1nc2ccccc2o1. The summed E-state index contributed by atoms with van der Waals surface area (Å²) in [5.74, 6) is 1.47. The molecule has 24 heavy (non-hydrogen) atoms. The zero-order valence-corrected chi connectivity index (χ0v) is 13.6. The molecular weight excluding hydrogens is 304 g/mol. The molecule has 1 aromatic heterocycles. The van der Waals surface area contributed by atoms with E-state index >= 15 is 0 Å². The first-order valence-electron chi connectivity index (χ1n) is 7.99. The molecule has 0 aliphatic rings. The number of nitrogens with one attached hydrogen (secondary N) is 1. The Labute approximate surface area is 140 Å². The largest absolute Gasteiger partial charge is 0.496 e. The first-order chi connectivity index (χ1) is 11.8. The number of hydrogen-bond acceptors (Lipinski definition) is 4. The highest BCUT2D eigenvalue weighted by Gasteiger charge is 2.08. The summed E-state index contributed by atoms with van der Waals surface area (Å²) < 4.78 is 10.9. The maximum atomic E-state index is 12.0. The minimum absolute atomic E-state index is 0.0111. The van der Waals surface area contributed by atoms with E-state index in [1.54, 1.807) is 7.11 Å². The number of amides is 1. The highest BCUT2D eigenvalue weighted by molar-refractivity contribution is 5.76. The molecule has 0 radical (unpaired) electrons. The number of carbonyl (C=O) groups is 1. The van der Waals surface area contributed by atoms with E-state index in [2.05, 4.69) is 10.3 Å². The second kappa shape index (κ2) is 7.64. The molecule has 1 N–H and O–H groups in total. The molecular formula is C19H20N2O3. The third-order valence-corrected chi connectivity index (χ3v) is 3.81. The predicted molar refractivity (Wildman–Crippen MR) is 92.0 cm³/mol. The Hall–Kier alpha value is -2.82. The average molecular weight is 324 g/mol. The van der Waals surface area contributed by atoms with E-state index in [0.29, 0.717) is 31.7 Å². The van der Waals surface area contributed by atoms with Gasteiger partial charge in [0.1, 0.15) is 11.3 Å². The molecule has 0 aliphatic carbocycles. The van der Waals surface area contributed by atoms with Crippen LogP contribution in [0.5, 0.6) is 5.75 Å². The molecule has 0 saturated carbocycles. The van der Waals surface area contributed by atoms with Crippen LogP contribution >= 0.6 is 0 Å². The lowest BCUT2D eigenvalue weighted by molar-refractivity contribution is -0.121. The Kier molecular flexibility index (Phi) is 5.11. The van der Waals surface area contributed by atoms with Gasteiger partial charge in [-0.05, 0) is 30.2 Å². The zero-order chi connectivity index (χ0) is 16.8. The number of hydrogen-bond donors (Lipinski definition) is 1. The Balaban J connectivity index is 1.45. The molecule has 0 spiro atoms. The van der Waals surface area contributed by atoms with E-state index in [9.17, 15) is 4.79 Å². The van der Waals surface area contributed by atoms with E-state index in [-0.39, 0.29) is 5.91 Å². The topological polar surface area (TPSA) is 64.4 Å². The van der Waals surface area contributed by atoms with Crippen LogP contribution in [0.4, 0.5) is 0 Å². The number of rotatable bonds is 7. The van der Waals surface area contributed by atoms with Gasteiger partial charge >= 0.3 is 0 Å². The number of benzene rings is 2. The van der Waals surface area contributed by atoms with Gasteiger partial charge < -0.3 is 14.5 Å². The van der Waals surface area contributed by atoms with Gasteiger partial charge in [0, 0.05) is 19.4 Å². The van der Waals surface area contributed by atoms with Crippen molar-refractivity contribution in [1.82, 2.24) is 10.3 Å². The summed E-state index contributed by atoms with van der Waals surface area (Å²) >= 11 is 0. The van der Waals surface area contributed by atoms with E-state index in [0.717, 1.165) is 22.4 Å². The van der Waals surface area contributed by atoms with Crippen LogP contribution in [0, 0.1) is 0 Å². The number of oxazole rings is 1. The predicted octanol–water partition coefficient (Wildman–Crippen LogP) is 3.13. The van der Waals surface area contributed by atoms with Crippen LogP contribution in [0.3, 0.4) is 0 Å². The lowest BCUT2D eigenvalue weighted by Crippen LogP contribution is -2.26. The number of carbonyl (C=O) groups excluding carboxylic acids is 1.